The van der Waals surface area contributed by atoms with E-state index in [1.807, 2.05) is 0 Å². The molecule has 5 heteroatoms. The molecule has 1 aromatic carbocycles. The Morgan fingerprint density at radius 1 is 1.00 bits per heavy atom. The van der Waals surface area contributed by atoms with Gasteiger partial charge in [-0.1, -0.05) is 59.1 Å². The first-order valence-corrected chi connectivity index (χ1v) is 7.12. The first-order valence-electron chi connectivity index (χ1n) is 5.98. The lowest BCUT2D eigenvalue weighted by molar-refractivity contribution is 0.769. The number of nitrogens with one attached hydrogen (secondary N) is 1. The van der Waals surface area contributed by atoms with Crippen molar-refractivity contribution in [3.05, 3.63) is 56.7 Å². The molecule has 0 amide bonds. The van der Waals surface area contributed by atoms with E-state index in [9.17, 15) is 0 Å². The largest absolute Gasteiger partial charge is 0.365 e. The fourth-order valence-electron chi connectivity index (χ4n) is 2.40. The van der Waals surface area contributed by atoms with E-state index in [4.69, 9.17) is 34.8 Å². The van der Waals surface area contributed by atoms with Crippen molar-refractivity contribution in [3.63, 3.8) is 0 Å². The van der Waals surface area contributed by atoms with Crippen molar-refractivity contribution in [1.82, 2.24) is 4.98 Å². The molecule has 2 nitrogen and oxygen atoms in total. The van der Waals surface area contributed by atoms with Crippen molar-refractivity contribution in [3.8, 4) is 0 Å². The number of pyridine rings is 1. The van der Waals surface area contributed by atoms with Gasteiger partial charge >= 0.3 is 0 Å². The van der Waals surface area contributed by atoms with E-state index in [0.717, 1.165) is 12.8 Å². The van der Waals surface area contributed by atoms with Crippen LogP contribution in [0.2, 0.25) is 15.2 Å². The van der Waals surface area contributed by atoms with Crippen LogP contribution < -0.4 is 5.32 Å². The zero-order valence-corrected chi connectivity index (χ0v) is 12.2. The molecule has 2 aromatic rings. The third kappa shape index (κ3) is 2.66. The highest BCUT2D eigenvalue weighted by Gasteiger charge is 2.22. The third-order valence-corrected chi connectivity index (χ3v) is 4.24. The summed E-state index contributed by atoms with van der Waals surface area (Å²) >= 11 is 17.9. The van der Waals surface area contributed by atoms with Crippen LogP contribution in [0.5, 0.6) is 0 Å². The molecule has 0 saturated carbocycles. The van der Waals surface area contributed by atoms with Crippen LogP contribution in [-0.2, 0) is 12.8 Å². The van der Waals surface area contributed by atoms with Crippen LogP contribution in [-0.4, -0.2) is 11.0 Å². The minimum absolute atomic E-state index is 0.268. The van der Waals surface area contributed by atoms with Crippen LogP contribution >= 0.6 is 34.8 Å². The average molecular weight is 314 g/mol. The van der Waals surface area contributed by atoms with Gasteiger partial charge in [0.15, 0.2) is 0 Å². The quantitative estimate of drug-likeness (QED) is 0.818. The Labute approximate surface area is 126 Å². The van der Waals surface area contributed by atoms with Gasteiger partial charge in [-0.05, 0) is 30.0 Å². The molecule has 0 fully saturated rings. The van der Waals surface area contributed by atoms with Gasteiger partial charge in [0.2, 0.25) is 0 Å². The first kappa shape index (κ1) is 13.0. The van der Waals surface area contributed by atoms with Crippen molar-refractivity contribution in [2.75, 3.05) is 5.32 Å². The summed E-state index contributed by atoms with van der Waals surface area (Å²) in [6.07, 6.45) is 1.93. The SMILES string of the molecule is Clc1cc(Cl)c(NC2Cc3ccccc3C2)nc1Cl. The summed E-state index contributed by atoms with van der Waals surface area (Å²) in [6.45, 7) is 0. The van der Waals surface area contributed by atoms with Crippen molar-refractivity contribution >= 4 is 40.6 Å². The van der Waals surface area contributed by atoms with Crippen molar-refractivity contribution in [2.24, 2.45) is 0 Å². The second-order valence-corrected chi connectivity index (χ2v) is 5.78. The predicted octanol–water partition coefficient (Wildman–Crippen LogP) is 4.62. The number of fused-ring (bicyclic) bond motifs is 1. The maximum atomic E-state index is 6.12. The lowest BCUT2D eigenvalue weighted by Crippen LogP contribution is -2.20. The normalized spacial score (nSPS) is 14.5. The second kappa shape index (κ2) is 5.20. The van der Waals surface area contributed by atoms with Gasteiger partial charge in [-0.25, -0.2) is 4.98 Å². The van der Waals surface area contributed by atoms with Gasteiger partial charge in [-0.2, -0.15) is 0 Å². The second-order valence-electron chi connectivity index (χ2n) is 4.61. The Bertz CT molecular complexity index is 603. The lowest BCUT2D eigenvalue weighted by Gasteiger charge is -2.14. The van der Waals surface area contributed by atoms with Gasteiger partial charge in [0.05, 0.1) is 10.0 Å². The molecular weight excluding hydrogens is 303 g/mol. The van der Waals surface area contributed by atoms with E-state index < -0.39 is 0 Å². The van der Waals surface area contributed by atoms with Crippen molar-refractivity contribution < 1.29 is 0 Å². The molecule has 0 saturated heterocycles. The van der Waals surface area contributed by atoms with Gasteiger partial charge in [-0.15, -0.1) is 0 Å². The first-order chi connectivity index (χ1) is 9.13. The highest BCUT2D eigenvalue weighted by atomic mass is 35.5. The van der Waals surface area contributed by atoms with E-state index in [1.165, 1.54) is 11.1 Å². The molecule has 98 valence electrons. The highest BCUT2D eigenvalue weighted by molar-refractivity contribution is 6.42. The lowest BCUT2D eigenvalue weighted by atomic mass is 10.1. The van der Waals surface area contributed by atoms with Gasteiger partial charge in [-0.3, -0.25) is 0 Å². The summed E-state index contributed by atoms with van der Waals surface area (Å²) < 4.78 is 0. The molecule has 1 heterocycles. The van der Waals surface area contributed by atoms with E-state index in [2.05, 4.69) is 34.6 Å². The Morgan fingerprint density at radius 3 is 2.26 bits per heavy atom. The summed E-state index contributed by atoms with van der Waals surface area (Å²) in [7, 11) is 0. The van der Waals surface area contributed by atoms with Crippen LogP contribution in [0.25, 0.3) is 0 Å². The molecular formula is C14H11Cl3N2. The smallest absolute Gasteiger partial charge is 0.150 e. The van der Waals surface area contributed by atoms with Crippen LogP contribution in [0.1, 0.15) is 11.1 Å². The van der Waals surface area contributed by atoms with E-state index in [1.54, 1.807) is 6.07 Å². The number of hydrogen-bond donors (Lipinski definition) is 1. The fourth-order valence-corrected chi connectivity index (χ4v) is 2.95. The summed E-state index contributed by atoms with van der Waals surface area (Å²) in [6, 6.07) is 10.3. The molecule has 0 aliphatic heterocycles. The number of anilines is 1. The third-order valence-electron chi connectivity index (χ3n) is 3.28. The summed E-state index contributed by atoms with van der Waals surface area (Å²) in [5, 5.41) is 4.46. The van der Waals surface area contributed by atoms with E-state index in [0.29, 0.717) is 21.9 Å². The van der Waals surface area contributed by atoms with Crippen LogP contribution in [0.4, 0.5) is 5.82 Å². The minimum Gasteiger partial charge on any atom is -0.365 e. The Kier molecular flexibility index (Phi) is 3.57. The number of aromatic nitrogens is 1. The van der Waals surface area contributed by atoms with E-state index in [-0.39, 0.29) is 5.15 Å². The van der Waals surface area contributed by atoms with Gasteiger partial charge in [0.1, 0.15) is 11.0 Å². The number of nitrogens with zero attached hydrogens (tertiary/aromatic N) is 1. The van der Waals surface area contributed by atoms with Gasteiger partial charge < -0.3 is 5.32 Å². The molecule has 3 rings (SSSR count). The summed E-state index contributed by atoms with van der Waals surface area (Å²) in [5.74, 6) is 0.592. The number of benzene rings is 1. The van der Waals surface area contributed by atoms with Gasteiger partial charge in [0.25, 0.3) is 0 Å². The maximum absolute atomic E-state index is 6.12. The van der Waals surface area contributed by atoms with Gasteiger partial charge in [0, 0.05) is 6.04 Å². The molecule has 1 aromatic heterocycles. The minimum atomic E-state index is 0.268. The highest BCUT2D eigenvalue weighted by Crippen LogP contribution is 2.31. The molecule has 1 aliphatic carbocycles. The Balaban J connectivity index is 1.79. The topological polar surface area (TPSA) is 24.9 Å². The maximum Gasteiger partial charge on any atom is 0.150 e. The van der Waals surface area contributed by atoms with Crippen LogP contribution in [0.3, 0.4) is 0 Å². The average Bonchev–Trinajstić information content (AvgIpc) is 2.78. The van der Waals surface area contributed by atoms with E-state index >= 15 is 0 Å². The Hall–Kier alpha value is -0.960. The molecule has 0 unspecified atom stereocenters. The number of halogens is 3. The van der Waals surface area contributed by atoms with Crippen LogP contribution in [0, 0.1) is 0 Å². The number of hydrogen-bond acceptors (Lipinski definition) is 2. The standard InChI is InChI=1S/C14H11Cl3N2/c15-11-7-12(16)14(19-13(11)17)18-10-5-8-3-1-2-4-9(8)6-10/h1-4,7,10H,5-6H2,(H,18,19). The molecule has 0 radical (unpaired) electrons. The predicted molar refractivity (Wildman–Crippen MR) is 80.5 cm³/mol. The molecule has 0 atom stereocenters. The monoisotopic (exact) mass is 312 g/mol. The summed E-state index contributed by atoms with van der Waals surface area (Å²) in [5.41, 5.74) is 2.74. The molecule has 19 heavy (non-hydrogen) atoms. The number of rotatable bonds is 2. The molecule has 1 aliphatic rings. The van der Waals surface area contributed by atoms with Crippen molar-refractivity contribution in [2.45, 2.75) is 18.9 Å². The zero-order valence-electron chi connectivity index (χ0n) is 9.96. The fraction of sp³-hybridized carbons (Fsp3) is 0.214. The van der Waals surface area contributed by atoms with Crippen molar-refractivity contribution in [1.29, 1.82) is 0 Å². The zero-order chi connectivity index (χ0) is 13.4. The molecule has 1 N–H and O–H groups in total. The Morgan fingerprint density at radius 2 is 1.63 bits per heavy atom. The molecule has 0 bridgehead atoms. The summed E-state index contributed by atoms with van der Waals surface area (Å²) in [4.78, 5) is 4.19. The van der Waals surface area contributed by atoms with Crippen LogP contribution in [0.15, 0.2) is 30.3 Å². The molecule has 0 spiro atoms.